The molecule has 0 aliphatic rings. The van der Waals surface area contributed by atoms with Crippen LogP contribution in [-0.2, 0) is 16.0 Å². The van der Waals surface area contributed by atoms with Gasteiger partial charge < -0.3 is 4.74 Å². The number of thioether (sulfide) groups is 1. The maximum atomic E-state index is 12.5. The Morgan fingerprint density at radius 2 is 2.20 bits per heavy atom. The minimum Gasteiger partial charge on any atom is -0.466 e. The van der Waals surface area contributed by atoms with E-state index in [-0.39, 0.29) is 29.0 Å². The Hall–Kier alpha value is -2.07. The van der Waals surface area contributed by atoms with E-state index in [1.54, 1.807) is 18.4 Å². The van der Waals surface area contributed by atoms with Crippen LogP contribution in [0.15, 0.2) is 39.6 Å². The summed E-state index contributed by atoms with van der Waals surface area (Å²) >= 11 is 1.04. The smallest absolute Gasteiger partial charge is 0.446 e. The van der Waals surface area contributed by atoms with Gasteiger partial charge in [-0.3, -0.25) is 10.2 Å². The summed E-state index contributed by atoms with van der Waals surface area (Å²) in [6.45, 7) is 2.02. The van der Waals surface area contributed by atoms with Gasteiger partial charge in [-0.2, -0.15) is 18.3 Å². The summed E-state index contributed by atoms with van der Waals surface area (Å²) in [5, 5.41) is 6.02. The second-order valence-electron chi connectivity index (χ2n) is 4.58. The monoisotopic (exact) mass is 389 g/mol. The van der Waals surface area contributed by atoms with Crippen molar-refractivity contribution in [3.05, 3.63) is 40.9 Å². The first-order chi connectivity index (χ1) is 11.9. The molecule has 10 heteroatoms. The Balaban J connectivity index is 1.98. The number of hydrogen-bond donors (Lipinski definition) is 1. The molecular formula is C15H14F3N3O2S2. The average molecular weight is 389 g/mol. The van der Waals surface area contributed by atoms with Crippen LogP contribution in [0.2, 0.25) is 0 Å². The van der Waals surface area contributed by atoms with Crippen molar-refractivity contribution in [1.82, 2.24) is 4.98 Å². The van der Waals surface area contributed by atoms with Crippen LogP contribution in [0, 0.1) is 0 Å². The minimum atomic E-state index is -4.37. The maximum absolute atomic E-state index is 12.5. The molecule has 1 aromatic heterocycles. The fourth-order valence-electron chi connectivity index (χ4n) is 1.76. The number of nitrogens with zero attached hydrogens (tertiary/aromatic N) is 2. The molecule has 0 unspecified atom stereocenters. The van der Waals surface area contributed by atoms with Crippen molar-refractivity contribution in [2.45, 2.75) is 23.7 Å². The average Bonchev–Trinajstić information content (AvgIpc) is 2.95. The van der Waals surface area contributed by atoms with E-state index in [9.17, 15) is 18.0 Å². The number of thiazole rings is 1. The Morgan fingerprint density at radius 3 is 2.92 bits per heavy atom. The Labute approximate surface area is 150 Å². The summed E-state index contributed by atoms with van der Waals surface area (Å²) in [7, 11) is 0. The highest BCUT2D eigenvalue weighted by Crippen LogP contribution is 2.38. The summed E-state index contributed by atoms with van der Waals surface area (Å²) < 4.78 is 42.4. The molecule has 0 atom stereocenters. The van der Waals surface area contributed by atoms with Gasteiger partial charge in [0.15, 0.2) is 0 Å². The molecule has 0 aliphatic carbocycles. The second-order valence-corrected chi connectivity index (χ2v) is 6.55. The number of carbonyl (C=O) groups excluding carboxylic acids is 1. The molecule has 0 aliphatic heterocycles. The molecule has 0 spiro atoms. The molecule has 0 radical (unpaired) electrons. The first kappa shape index (κ1) is 19.3. The third-order valence-corrected chi connectivity index (χ3v) is 4.31. The normalized spacial score (nSPS) is 11.7. The fraction of sp³-hybridized carbons (Fsp3) is 0.267. The van der Waals surface area contributed by atoms with E-state index >= 15 is 0 Å². The Morgan fingerprint density at radius 1 is 1.44 bits per heavy atom. The van der Waals surface area contributed by atoms with E-state index in [4.69, 9.17) is 4.74 Å². The lowest BCUT2D eigenvalue weighted by molar-refractivity contribution is -0.142. The van der Waals surface area contributed by atoms with Gasteiger partial charge in [0.25, 0.3) is 0 Å². The number of benzene rings is 1. The molecule has 0 saturated carbocycles. The van der Waals surface area contributed by atoms with Gasteiger partial charge in [-0.15, -0.1) is 11.3 Å². The number of alkyl halides is 3. The first-order valence-electron chi connectivity index (χ1n) is 7.11. The number of aromatic nitrogens is 1. The second kappa shape index (κ2) is 8.86. The molecular weight excluding hydrogens is 375 g/mol. The highest BCUT2D eigenvalue weighted by atomic mass is 32.2. The van der Waals surface area contributed by atoms with Gasteiger partial charge in [0.2, 0.25) is 5.13 Å². The zero-order valence-corrected chi connectivity index (χ0v) is 14.7. The van der Waals surface area contributed by atoms with Crippen LogP contribution < -0.4 is 5.43 Å². The molecule has 0 amide bonds. The minimum absolute atomic E-state index is 0.0563. The zero-order chi connectivity index (χ0) is 18.3. The molecule has 2 rings (SSSR count). The molecule has 1 N–H and O–H groups in total. The number of hydrazone groups is 1. The third kappa shape index (κ3) is 6.75. The van der Waals surface area contributed by atoms with Crippen LogP contribution in [0.25, 0.3) is 0 Å². The Bertz CT molecular complexity index is 748. The summed E-state index contributed by atoms with van der Waals surface area (Å²) in [6, 6.07) is 6.07. The van der Waals surface area contributed by atoms with Gasteiger partial charge in [0.1, 0.15) is 0 Å². The molecule has 2 aromatic rings. The van der Waals surface area contributed by atoms with Crippen molar-refractivity contribution in [1.29, 1.82) is 0 Å². The third-order valence-electron chi connectivity index (χ3n) is 2.69. The summed E-state index contributed by atoms with van der Waals surface area (Å²) in [5.74, 6) is -0.374. The van der Waals surface area contributed by atoms with Gasteiger partial charge in [-0.05, 0) is 24.8 Å². The maximum Gasteiger partial charge on any atom is 0.446 e. The number of hydrogen-bond acceptors (Lipinski definition) is 7. The van der Waals surface area contributed by atoms with Gasteiger partial charge in [0.05, 0.1) is 24.9 Å². The van der Waals surface area contributed by atoms with Crippen LogP contribution in [0.3, 0.4) is 0 Å². The van der Waals surface area contributed by atoms with Crippen LogP contribution in [0.4, 0.5) is 18.3 Å². The van der Waals surface area contributed by atoms with Crippen LogP contribution in [0.1, 0.15) is 18.2 Å². The summed E-state index contributed by atoms with van der Waals surface area (Å²) in [4.78, 5) is 15.6. The summed E-state index contributed by atoms with van der Waals surface area (Å²) in [6.07, 6.45) is 1.35. The molecule has 0 bridgehead atoms. The van der Waals surface area contributed by atoms with E-state index in [0.29, 0.717) is 23.0 Å². The quantitative estimate of drug-likeness (QED) is 0.331. The number of halogens is 3. The number of esters is 1. The van der Waals surface area contributed by atoms with E-state index in [1.807, 2.05) is 0 Å². The van der Waals surface area contributed by atoms with Crippen LogP contribution in [-0.4, -0.2) is 29.3 Å². The molecule has 1 heterocycles. The lowest BCUT2D eigenvalue weighted by Gasteiger charge is -2.07. The van der Waals surface area contributed by atoms with Crippen molar-refractivity contribution >= 4 is 40.4 Å². The van der Waals surface area contributed by atoms with Gasteiger partial charge in [-0.25, -0.2) is 4.98 Å². The number of carbonyl (C=O) groups is 1. The van der Waals surface area contributed by atoms with E-state index < -0.39 is 5.51 Å². The predicted octanol–water partition coefficient (Wildman–Crippen LogP) is 4.31. The molecule has 25 heavy (non-hydrogen) atoms. The first-order valence-corrected chi connectivity index (χ1v) is 8.81. The SMILES string of the molecule is CCOC(=O)Cc1csc(NN=Cc2ccccc2SC(F)(F)F)n1. The van der Waals surface area contributed by atoms with Crippen molar-refractivity contribution in [2.75, 3.05) is 12.0 Å². The van der Waals surface area contributed by atoms with Gasteiger partial charge in [0, 0.05) is 15.8 Å². The number of rotatable bonds is 7. The summed E-state index contributed by atoms with van der Waals surface area (Å²) in [5.41, 5.74) is -0.853. The van der Waals surface area contributed by atoms with Crippen molar-refractivity contribution in [2.24, 2.45) is 5.10 Å². The molecule has 134 valence electrons. The molecule has 0 saturated heterocycles. The largest absolute Gasteiger partial charge is 0.466 e. The van der Waals surface area contributed by atoms with Gasteiger partial charge in [-0.1, -0.05) is 18.2 Å². The van der Waals surface area contributed by atoms with Crippen LogP contribution in [0.5, 0.6) is 0 Å². The van der Waals surface area contributed by atoms with Crippen molar-refractivity contribution < 1.29 is 22.7 Å². The standard InChI is InChI=1S/C15H14F3N3O2S2/c1-2-23-13(22)7-11-9-24-14(20-11)21-19-8-10-5-3-4-6-12(10)25-15(16,17)18/h3-6,8-9H,2,7H2,1H3,(H,20,21). The lowest BCUT2D eigenvalue weighted by Crippen LogP contribution is -2.07. The van der Waals surface area contributed by atoms with Gasteiger partial charge >= 0.3 is 11.5 Å². The molecule has 1 aromatic carbocycles. The van der Waals surface area contributed by atoms with Crippen molar-refractivity contribution in [3.8, 4) is 0 Å². The topological polar surface area (TPSA) is 63.6 Å². The predicted molar refractivity (Wildman–Crippen MR) is 92.0 cm³/mol. The highest BCUT2D eigenvalue weighted by molar-refractivity contribution is 8.00. The molecule has 0 fully saturated rings. The lowest BCUT2D eigenvalue weighted by atomic mass is 10.2. The number of anilines is 1. The van der Waals surface area contributed by atoms with E-state index in [0.717, 1.165) is 0 Å². The number of ether oxygens (including phenoxy) is 1. The Kier molecular flexibility index (Phi) is 6.82. The van der Waals surface area contributed by atoms with E-state index in [2.05, 4.69) is 15.5 Å². The zero-order valence-electron chi connectivity index (χ0n) is 13.0. The highest BCUT2D eigenvalue weighted by Gasteiger charge is 2.30. The number of nitrogens with one attached hydrogen (secondary N) is 1. The van der Waals surface area contributed by atoms with Crippen LogP contribution >= 0.6 is 23.1 Å². The van der Waals surface area contributed by atoms with E-state index in [1.165, 1.54) is 35.8 Å². The molecule has 5 nitrogen and oxygen atoms in total. The van der Waals surface area contributed by atoms with Crippen molar-refractivity contribution in [3.63, 3.8) is 0 Å². The fourth-order valence-corrected chi connectivity index (χ4v) is 3.05.